The lowest BCUT2D eigenvalue weighted by molar-refractivity contribution is -0.0991. The number of halogens is 3. The zero-order chi connectivity index (χ0) is 19.7. The summed E-state index contributed by atoms with van der Waals surface area (Å²) in [5.74, 6) is 0.166. The van der Waals surface area contributed by atoms with Crippen LogP contribution in [0.4, 0.5) is 18.9 Å². The van der Waals surface area contributed by atoms with E-state index in [1.54, 1.807) is 24.8 Å². The van der Waals surface area contributed by atoms with E-state index in [1.807, 2.05) is 12.1 Å². The summed E-state index contributed by atoms with van der Waals surface area (Å²) < 4.78 is 40.6. The molecule has 1 aliphatic carbocycles. The first kappa shape index (κ1) is 19.9. The van der Waals surface area contributed by atoms with Crippen LogP contribution < -0.4 is 10.2 Å². The number of benzene rings is 1. The van der Waals surface area contributed by atoms with Gasteiger partial charge in [-0.05, 0) is 62.9 Å². The van der Waals surface area contributed by atoms with Gasteiger partial charge >= 0.3 is 6.18 Å². The Labute approximate surface area is 169 Å². The number of piperidine rings is 1. The van der Waals surface area contributed by atoms with Gasteiger partial charge in [-0.15, -0.1) is 0 Å². The molecule has 1 saturated heterocycles. The van der Waals surface area contributed by atoms with E-state index in [9.17, 15) is 13.2 Å². The second-order valence-electron chi connectivity index (χ2n) is 8.02. The highest BCUT2D eigenvalue weighted by molar-refractivity contribution is 8.03. The first-order valence-corrected chi connectivity index (χ1v) is 11.0. The Bertz CT molecular complexity index is 765. The lowest BCUT2D eigenvalue weighted by Crippen LogP contribution is -2.46. The van der Waals surface area contributed by atoms with E-state index in [-0.39, 0.29) is 6.04 Å². The Morgan fingerprint density at radius 2 is 1.89 bits per heavy atom. The van der Waals surface area contributed by atoms with Crippen LogP contribution in [0.15, 0.2) is 51.8 Å². The molecule has 0 aromatic heterocycles. The van der Waals surface area contributed by atoms with Gasteiger partial charge in [-0.2, -0.15) is 13.2 Å². The lowest BCUT2D eigenvalue weighted by atomic mass is 9.86. The molecule has 2 nitrogen and oxygen atoms in total. The average Bonchev–Trinajstić information content (AvgIpc) is 2.67. The third kappa shape index (κ3) is 3.99. The van der Waals surface area contributed by atoms with Crippen LogP contribution in [0.2, 0.25) is 0 Å². The Morgan fingerprint density at radius 1 is 1.14 bits per heavy atom. The Kier molecular flexibility index (Phi) is 5.79. The third-order valence-corrected chi connectivity index (χ3v) is 7.40. The van der Waals surface area contributed by atoms with Gasteiger partial charge < -0.3 is 10.2 Å². The summed E-state index contributed by atoms with van der Waals surface area (Å²) in [5.41, 5.74) is 0.667. The molecule has 4 rings (SSSR count). The van der Waals surface area contributed by atoms with Crippen molar-refractivity contribution in [1.29, 1.82) is 0 Å². The highest BCUT2D eigenvalue weighted by Crippen LogP contribution is 2.50. The highest BCUT2D eigenvalue weighted by atomic mass is 32.2. The molecule has 0 bridgehead atoms. The maximum absolute atomic E-state index is 13.5. The minimum atomic E-state index is -4.27. The van der Waals surface area contributed by atoms with E-state index in [4.69, 9.17) is 0 Å². The molecule has 28 heavy (non-hydrogen) atoms. The van der Waals surface area contributed by atoms with Crippen LogP contribution in [0.25, 0.3) is 0 Å². The number of alkyl halides is 3. The van der Waals surface area contributed by atoms with Crippen LogP contribution in [-0.2, 0) is 0 Å². The van der Waals surface area contributed by atoms with Gasteiger partial charge in [-0.1, -0.05) is 36.9 Å². The van der Waals surface area contributed by atoms with Crippen LogP contribution in [0.5, 0.6) is 0 Å². The number of allylic oxidation sites excluding steroid dienone is 2. The van der Waals surface area contributed by atoms with Gasteiger partial charge in [-0.3, -0.25) is 0 Å². The Hall–Kier alpha value is -1.40. The third-order valence-electron chi connectivity index (χ3n) is 6.22. The monoisotopic (exact) mass is 408 g/mol. The number of rotatable bonds is 4. The number of hydrogen-bond acceptors (Lipinski definition) is 3. The van der Waals surface area contributed by atoms with Crippen molar-refractivity contribution < 1.29 is 13.2 Å². The van der Waals surface area contributed by atoms with Crippen LogP contribution in [0, 0.1) is 11.8 Å². The summed E-state index contributed by atoms with van der Waals surface area (Å²) in [6.45, 7) is 4.70. The number of fused-ring (bicyclic) bond motifs is 2. The fourth-order valence-electron chi connectivity index (χ4n) is 4.75. The van der Waals surface area contributed by atoms with Gasteiger partial charge in [0.25, 0.3) is 0 Å². The maximum atomic E-state index is 13.5. The van der Waals surface area contributed by atoms with Crippen LogP contribution in [0.1, 0.15) is 32.6 Å². The molecule has 3 aliphatic rings. The highest BCUT2D eigenvalue weighted by Gasteiger charge is 2.45. The summed E-state index contributed by atoms with van der Waals surface area (Å²) in [7, 11) is 0. The number of para-hydroxylation sites is 1. The zero-order valence-electron chi connectivity index (χ0n) is 16.1. The first-order chi connectivity index (χ1) is 13.4. The summed E-state index contributed by atoms with van der Waals surface area (Å²) >= 11 is 1.62. The van der Waals surface area contributed by atoms with Gasteiger partial charge in [-0.25, -0.2) is 0 Å². The van der Waals surface area contributed by atoms with E-state index in [1.165, 1.54) is 18.9 Å². The Balaban J connectivity index is 1.57. The average molecular weight is 409 g/mol. The van der Waals surface area contributed by atoms with Crippen molar-refractivity contribution in [2.75, 3.05) is 24.5 Å². The number of nitrogens with one attached hydrogen (secondary N) is 1. The minimum absolute atomic E-state index is 0.227. The molecule has 0 amide bonds. The van der Waals surface area contributed by atoms with E-state index in [0.29, 0.717) is 0 Å². The molecule has 1 aromatic carbocycles. The zero-order valence-corrected chi connectivity index (χ0v) is 17.0. The molecule has 2 heterocycles. The Morgan fingerprint density at radius 3 is 2.64 bits per heavy atom. The molecule has 1 aromatic rings. The van der Waals surface area contributed by atoms with E-state index < -0.39 is 17.7 Å². The summed E-state index contributed by atoms with van der Waals surface area (Å²) in [6.07, 6.45) is 3.28. The second-order valence-corrected chi connectivity index (χ2v) is 9.14. The van der Waals surface area contributed by atoms with Crippen LogP contribution in [-0.4, -0.2) is 31.9 Å². The predicted octanol–water partition coefficient (Wildman–Crippen LogP) is 5.77. The largest absolute Gasteiger partial charge is 0.413 e. The standard InChI is InChI=1S/C22H27F3N2S/c1-15-17(22(23,24)25)8-9-20-21(15)27(18-6-2-3-7-19(18)28-20)14-4-5-16-10-12-26-13-11-16/h2-3,6-9,15-16,21,26H,4-5,10-14H2,1H3. The van der Waals surface area contributed by atoms with Gasteiger partial charge in [0.05, 0.1) is 11.7 Å². The summed E-state index contributed by atoms with van der Waals surface area (Å²) in [5, 5.41) is 3.40. The number of anilines is 1. The molecule has 2 atom stereocenters. The van der Waals surface area contributed by atoms with Gasteiger partial charge in [0.2, 0.25) is 0 Å². The number of hydrogen-bond donors (Lipinski definition) is 1. The molecule has 0 spiro atoms. The van der Waals surface area contributed by atoms with Crippen molar-refractivity contribution >= 4 is 17.4 Å². The molecule has 2 aliphatic heterocycles. The van der Waals surface area contributed by atoms with Crippen LogP contribution in [0.3, 0.4) is 0 Å². The molecule has 0 saturated carbocycles. The van der Waals surface area contributed by atoms with Crippen LogP contribution >= 0.6 is 11.8 Å². The molecular weight excluding hydrogens is 381 g/mol. The smallest absolute Gasteiger partial charge is 0.362 e. The van der Waals surface area contributed by atoms with Crippen molar-refractivity contribution in [3.8, 4) is 0 Å². The predicted molar refractivity (Wildman–Crippen MR) is 110 cm³/mol. The number of thioether (sulfide) groups is 1. The van der Waals surface area contributed by atoms with Gasteiger partial charge in [0.15, 0.2) is 0 Å². The lowest BCUT2D eigenvalue weighted by Gasteiger charge is -2.45. The summed E-state index contributed by atoms with van der Waals surface area (Å²) in [6, 6.07) is 7.90. The maximum Gasteiger partial charge on any atom is 0.413 e. The first-order valence-electron chi connectivity index (χ1n) is 10.2. The fourth-order valence-corrected chi connectivity index (χ4v) is 6.03. The fraction of sp³-hybridized carbons (Fsp3) is 0.545. The van der Waals surface area contributed by atoms with Crippen molar-refractivity contribution in [1.82, 2.24) is 5.32 Å². The summed E-state index contributed by atoms with van der Waals surface area (Å²) in [4.78, 5) is 4.41. The molecule has 152 valence electrons. The SMILES string of the molecule is CC1C(C(F)(F)F)=CC=C2Sc3ccccc3N(CCCC3CCNCC3)C21. The normalized spacial score (nSPS) is 25.6. The van der Waals surface area contributed by atoms with Crippen molar-refractivity contribution in [3.05, 3.63) is 46.9 Å². The molecule has 6 heteroatoms. The van der Waals surface area contributed by atoms with E-state index >= 15 is 0 Å². The van der Waals surface area contributed by atoms with Gasteiger partial charge in [0, 0.05) is 27.8 Å². The van der Waals surface area contributed by atoms with Crippen molar-refractivity contribution in [2.45, 2.75) is 49.7 Å². The van der Waals surface area contributed by atoms with Crippen molar-refractivity contribution in [2.24, 2.45) is 11.8 Å². The molecule has 0 radical (unpaired) electrons. The second kappa shape index (κ2) is 8.15. The molecule has 1 fully saturated rings. The van der Waals surface area contributed by atoms with E-state index in [2.05, 4.69) is 22.3 Å². The van der Waals surface area contributed by atoms with Gasteiger partial charge in [0.1, 0.15) is 0 Å². The number of nitrogens with zero attached hydrogens (tertiary/aromatic N) is 1. The minimum Gasteiger partial charge on any atom is -0.362 e. The quantitative estimate of drug-likeness (QED) is 0.681. The molecular formula is C22H27F3N2S. The van der Waals surface area contributed by atoms with E-state index in [0.717, 1.165) is 53.9 Å². The topological polar surface area (TPSA) is 15.3 Å². The van der Waals surface area contributed by atoms with Crippen molar-refractivity contribution in [3.63, 3.8) is 0 Å². The molecule has 1 N–H and O–H groups in total. The molecule has 2 unspecified atom stereocenters.